The van der Waals surface area contributed by atoms with Crippen LogP contribution in [0, 0.1) is 5.92 Å². The molecule has 1 aromatic carbocycles. The number of hydrogen-bond acceptors (Lipinski definition) is 3. The molecule has 0 bridgehead atoms. The summed E-state index contributed by atoms with van der Waals surface area (Å²) < 4.78 is 5.20. The number of nitrogens with one attached hydrogen (secondary N) is 2. The third-order valence-corrected chi connectivity index (χ3v) is 3.81. The standard InChI is InChI=1S/C18H28N2O3/c1-4-6-12-19-17(21)16(14(3)5-2)20-18(22)23-13-15-10-8-7-9-11-15/h7-11,14,16H,4-6,12-13H2,1-3H3,(H,19,21)(H,20,22)/t14-,16-/m0/s1. The number of benzene rings is 1. The highest BCUT2D eigenvalue weighted by molar-refractivity contribution is 5.85. The normalized spacial score (nSPS) is 13.0. The Bertz CT molecular complexity index is 476. The first-order valence-corrected chi connectivity index (χ1v) is 8.33. The maximum atomic E-state index is 12.2. The molecule has 2 atom stereocenters. The Kier molecular flexibility index (Phi) is 8.80. The minimum atomic E-state index is -0.569. The molecule has 1 aromatic rings. The van der Waals surface area contributed by atoms with Crippen LogP contribution in [0.3, 0.4) is 0 Å². The first-order chi connectivity index (χ1) is 11.1. The lowest BCUT2D eigenvalue weighted by molar-refractivity contribution is -0.124. The van der Waals surface area contributed by atoms with Gasteiger partial charge in [0.2, 0.25) is 5.91 Å². The van der Waals surface area contributed by atoms with Crippen molar-refractivity contribution in [1.29, 1.82) is 0 Å². The molecule has 0 radical (unpaired) electrons. The van der Waals surface area contributed by atoms with Crippen LogP contribution in [0.25, 0.3) is 0 Å². The monoisotopic (exact) mass is 320 g/mol. The molecule has 0 heterocycles. The van der Waals surface area contributed by atoms with E-state index in [4.69, 9.17) is 4.74 Å². The van der Waals surface area contributed by atoms with Crippen LogP contribution in [0.4, 0.5) is 4.79 Å². The predicted molar refractivity (Wildman–Crippen MR) is 90.9 cm³/mol. The topological polar surface area (TPSA) is 67.4 Å². The number of alkyl carbamates (subject to hydrolysis) is 1. The van der Waals surface area contributed by atoms with E-state index in [1.54, 1.807) is 0 Å². The number of amides is 2. The van der Waals surface area contributed by atoms with Gasteiger partial charge in [0.05, 0.1) is 0 Å². The van der Waals surface area contributed by atoms with Gasteiger partial charge in [0.25, 0.3) is 0 Å². The van der Waals surface area contributed by atoms with E-state index in [0.717, 1.165) is 24.8 Å². The summed E-state index contributed by atoms with van der Waals surface area (Å²) in [4.78, 5) is 24.2. The number of carbonyl (C=O) groups is 2. The maximum absolute atomic E-state index is 12.2. The zero-order valence-electron chi connectivity index (χ0n) is 14.3. The smallest absolute Gasteiger partial charge is 0.408 e. The van der Waals surface area contributed by atoms with Gasteiger partial charge in [-0.15, -0.1) is 0 Å². The average molecular weight is 320 g/mol. The van der Waals surface area contributed by atoms with Crippen LogP contribution in [0.1, 0.15) is 45.6 Å². The van der Waals surface area contributed by atoms with Crippen molar-refractivity contribution in [3.05, 3.63) is 35.9 Å². The highest BCUT2D eigenvalue weighted by Crippen LogP contribution is 2.09. The molecule has 0 saturated carbocycles. The Morgan fingerprint density at radius 1 is 1.17 bits per heavy atom. The highest BCUT2D eigenvalue weighted by atomic mass is 16.5. The van der Waals surface area contributed by atoms with Crippen molar-refractivity contribution in [3.8, 4) is 0 Å². The van der Waals surface area contributed by atoms with Crippen molar-refractivity contribution in [3.63, 3.8) is 0 Å². The second-order valence-corrected chi connectivity index (χ2v) is 5.71. The molecule has 0 aliphatic carbocycles. The lowest BCUT2D eigenvalue weighted by Crippen LogP contribution is -2.50. The third kappa shape index (κ3) is 7.17. The molecule has 2 amide bonds. The second-order valence-electron chi connectivity index (χ2n) is 5.71. The van der Waals surface area contributed by atoms with Crippen molar-refractivity contribution in [1.82, 2.24) is 10.6 Å². The summed E-state index contributed by atoms with van der Waals surface area (Å²) in [6.07, 6.45) is 2.17. The Morgan fingerprint density at radius 2 is 1.87 bits per heavy atom. The summed E-state index contributed by atoms with van der Waals surface area (Å²) in [5.74, 6) is -0.106. The van der Waals surface area contributed by atoms with Gasteiger partial charge in [0.1, 0.15) is 12.6 Å². The van der Waals surface area contributed by atoms with E-state index in [-0.39, 0.29) is 18.4 Å². The number of rotatable bonds is 9. The van der Waals surface area contributed by atoms with Crippen LogP contribution in [0.15, 0.2) is 30.3 Å². The van der Waals surface area contributed by atoms with Gasteiger partial charge in [0, 0.05) is 6.54 Å². The molecule has 0 fully saturated rings. The van der Waals surface area contributed by atoms with E-state index < -0.39 is 12.1 Å². The van der Waals surface area contributed by atoms with Gasteiger partial charge in [-0.2, -0.15) is 0 Å². The molecule has 5 nitrogen and oxygen atoms in total. The summed E-state index contributed by atoms with van der Waals surface area (Å²) in [6, 6.07) is 8.89. The lowest BCUT2D eigenvalue weighted by Gasteiger charge is -2.23. The van der Waals surface area contributed by atoms with Crippen LogP contribution < -0.4 is 10.6 Å². The van der Waals surface area contributed by atoms with Crippen LogP contribution in [0.5, 0.6) is 0 Å². The molecule has 0 saturated heterocycles. The summed E-state index contributed by atoms with van der Waals surface area (Å²) in [7, 11) is 0. The van der Waals surface area contributed by atoms with Gasteiger partial charge in [-0.1, -0.05) is 63.9 Å². The number of carbonyl (C=O) groups excluding carboxylic acids is 2. The highest BCUT2D eigenvalue weighted by Gasteiger charge is 2.26. The van der Waals surface area contributed by atoms with Gasteiger partial charge in [-0.3, -0.25) is 4.79 Å². The fraction of sp³-hybridized carbons (Fsp3) is 0.556. The average Bonchev–Trinajstić information content (AvgIpc) is 2.58. The number of ether oxygens (including phenoxy) is 1. The van der Waals surface area contributed by atoms with Crippen LogP contribution in [-0.2, 0) is 16.1 Å². The van der Waals surface area contributed by atoms with Crippen LogP contribution >= 0.6 is 0 Å². The summed E-state index contributed by atoms with van der Waals surface area (Å²) >= 11 is 0. The molecule has 0 aromatic heterocycles. The first-order valence-electron chi connectivity index (χ1n) is 8.33. The van der Waals surface area contributed by atoms with Crippen molar-refractivity contribution in [2.45, 2.75) is 52.7 Å². The van der Waals surface area contributed by atoms with E-state index in [2.05, 4.69) is 17.6 Å². The van der Waals surface area contributed by atoms with Crippen molar-refractivity contribution >= 4 is 12.0 Å². The van der Waals surface area contributed by atoms with Gasteiger partial charge < -0.3 is 15.4 Å². The van der Waals surface area contributed by atoms with E-state index >= 15 is 0 Å². The Hall–Kier alpha value is -2.04. The zero-order chi connectivity index (χ0) is 17.1. The fourth-order valence-electron chi connectivity index (χ4n) is 2.09. The van der Waals surface area contributed by atoms with E-state index in [1.165, 1.54) is 0 Å². The van der Waals surface area contributed by atoms with Gasteiger partial charge in [0.15, 0.2) is 0 Å². The van der Waals surface area contributed by atoms with E-state index in [9.17, 15) is 9.59 Å². The fourth-order valence-corrected chi connectivity index (χ4v) is 2.09. The minimum Gasteiger partial charge on any atom is -0.445 e. The Morgan fingerprint density at radius 3 is 2.48 bits per heavy atom. The molecule has 23 heavy (non-hydrogen) atoms. The molecular formula is C18H28N2O3. The molecule has 2 N–H and O–H groups in total. The van der Waals surface area contributed by atoms with Gasteiger partial charge in [-0.25, -0.2) is 4.79 Å². The van der Waals surface area contributed by atoms with E-state index in [0.29, 0.717) is 6.54 Å². The number of unbranched alkanes of at least 4 members (excludes halogenated alkanes) is 1. The predicted octanol–water partition coefficient (Wildman–Crippen LogP) is 3.24. The van der Waals surface area contributed by atoms with Crippen LogP contribution in [0.2, 0.25) is 0 Å². The molecule has 0 unspecified atom stereocenters. The van der Waals surface area contributed by atoms with Gasteiger partial charge >= 0.3 is 6.09 Å². The van der Waals surface area contributed by atoms with E-state index in [1.807, 2.05) is 44.2 Å². The Labute approximate surface area is 138 Å². The molecule has 128 valence electrons. The van der Waals surface area contributed by atoms with Crippen molar-refractivity contribution < 1.29 is 14.3 Å². The van der Waals surface area contributed by atoms with Crippen molar-refractivity contribution in [2.24, 2.45) is 5.92 Å². The van der Waals surface area contributed by atoms with Crippen molar-refractivity contribution in [2.75, 3.05) is 6.54 Å². The van der Waals surface area contributed by atoms with Crippen LogP contribution in [-0.4, -0.2) is 24.6 Å². The summed E-state index contributed by atoms with van der Waals surface area (Å²) in [5.41, 5.74) is 0.912. The molecule has 1 rings (SSSR count). The molecule has 0 aliphatic rings. The maximum Gasteiger partial charge on any atom is 0.408 e. The summed E-state index contributed by atoms with van der Waals surface area (Å²) in [5, 5.41) is 5.56. The summed E-state index contributed by atoms with van der Waals surface area (Å²) in [6.45, 7) is 6.83. The van der Waals surface area contributed by atoms with Gasteiger partial charge in [-0.05, 0) is 17.9 Å². The first kappa shape index (κ1) is 19.0. The number of hydrogen-bond donors (Lipinski definition) is 2. The quantitative estimate of drug-likeness (QED) is 0.686. The third-order valence-electron chi connectivity index (χ3n) is 3.81. The molecule has 0 aliphatic heterocycles. The zero-order valence-corrected chi connectivity index (χ0v) is 14.3. The lowest BCUT2D eigenvalue weighted by atomic mass is 9.98. The molecule has 5 heteroatoms. The minimum absolute atomic E-state index is 0.0425. The molecule has 0 spiro atoms. The Balaban J connectivity index is 2.51. The second kappa shape index (κ2) is 10.6. The SMILES string of the molecule is CCCCNC(=O)[C@@H](NC(=O)OCc1ccccc1)[C@@H](C)CC. The largest absolute Gasteiger partial charge is 0.445 e. The molecular weight excluding hydrogens is 292 g/mol.